The van der Waals surface area contributed by atoms with Crippen LogP contribution < -0.4 is 10.6 Å². The molecule has 4 nitrogen and oxygen atoms in total. The molecule has 0 aliphatic carbocycles. The van der Waals surface area contributed by atoms with Crippen molar-refractivity contribution >= 4 is 22.3 Å². The van der Waals surface area contributed by atoms with Gasteiger partial charge >= 0.3 is 0 Å². The third-order valence-electron chi connectivity index (χ3n) is 3.97. The summed E-state index contributed by atoms with van der Waals surface area (Å²) in [7, 11) is 0. The first-order valence-corrected chi connectivity index (χ1v) is 7.00. The molecule has 1 aliphatic rings. The highest BCUT2D eigenvalue weighted by atomic mass is 19.1. The molecule has 2 heterocycles. The molecule has 0 atom stereocenters. The van der Waals surface area contributed by atoms with Crippen molar-refractivity contribution in [3.8, 4) is 0 Å². The molecule has 1 saturated heterocycles. The Morgan fingerprint density at radius 2 is 1.95 bits per heavy atom. The van der Waals surface area contributed by atoms with Crippen molar-refractivity contribution in [2.24, 2.45) is 0 Å². The van der Waals surface area contributed by atoms with Crippen LogP contribution in [0.3, 0.4) is 0 Å². The molecule has 20 heavy (non-hydrogen) atoms. The van der Waals surface area contributed by atoms with Crippen molar-refractivity contribution in [3.63, 3.8) is 0 Å². The van der Waals surface area contributed by atoms with Crippen molar-refractivity contribution in [1.29, 1.82) is 0 Å². The van der Waals surface area contributed by atoms with Gasteiger partial charge in [-0.05, 0) is 24.7 Å². The normalized spacial score (nSPS) is 16.8. The first-order valence-electron chi connectivity index (χ1n) is 7.00. The van der Waals surface area contributed by atoms with E-state index in [-0.39, 0.29) is 5.82 Å². The van der Waals surface area contributed by atoms with E-state index in [9.17, 15) is 4.39 Å². The number of rotatable bonds is 2. The summed E-state index contributed by atoms with van der Waals surface area (Å²) in [5.74, 6) is 0.529. The fourth-order valence-corrected chi connectivity index (χ4v) is 2.79. The molecule has 1 aliphatic heterocycles. The minimum absolute atomic E-state index is 0.309. The molecule has 0 unspecified atom stereocenters. The quantitative estimate of drug-likeness (QED) is 0.852. The minimum atomic E-state index is -0.309. The van der Waals surface area contributed by atoms with Crippen LogP contribution in [0, 0.1) is 5.82 Å². The average Bonchev–Trinajstić information content (AvgIpc) is 2.47. The van der Waals surface area contributed by atoms with E-state index < -0.39 is 0 Å². The number of likely N-dealkylation sites (N-methyl/N-ethyl adjacent to an activating group) is 1. The number of nitrogens with zero attached hydrogens (tertiary/aromatic N) is 3. The summed E-state index contributed by atoms with van der Waals surface area (Å²) in [6.07, 6.45) is 1.75. The van der Waals surface area contributed by atoms with E-state index in [1.54, 1.807) is 6.20 Å². The van der Waals surface area contributed by atoms with Crippen LogP contribution in [0.25, 0.3) is 10.8 Å². The second kappa shape index (κ2) is 5.25. The first-order chi connectivity index (χ1) is 9.69. The molecule has 106 valence electrons. The number of nitrogen functional groups attached to an aromatic ring is 1. The van der Waals surface area contributed by atoms with E-state index in [0.717, 1.165) is 49.3 Å². The molecular formula is C15H19FN4. The third kappa shape index (κ3) is 2.29. The Hall–Kier alpha value is -1.88. The maximum atomic E-state index is 13.6. The van der Waals surface area contributed by atoms with Gasteiger partial charge in [-0.1, -0.05) is 6.92 Å². The predicted octanol–water partition coefficient (Wildman–Crippen LogP) is 2.10. The third-order valence-corrected chi connectivity index (χ3v) is 3.97. The van der Waals surface area contributed by atoms with Crippen molar-refractivity contribution in [2.75, 3.05) is 43.4 Å². The summed E-state index contributed by atoms with van der Waals surface area (Å²) >= 11 is 0. The van der Waals surface area contributed by atoms with E-state index in [1.807, 2.05) is 6.07 Å². The van der Waals surface area contributed by atoms with Crippen LogP contribution >= 0.6 is 0 Å². The van der Waals surface area contributed by atoms with Gasteiger partial charge in [0.25, 0.3) is 0 Å². The van der Waals surface area contributed by atoms with Gasteiger partial charge in [0.15, 0.2) is 0 Å². The maximum Gasteiger partial charge on any atom is 0.136 e. The second-order valence-corrected chi connectivity index (χ2v) is 5.15. The van der Waals surface area contributed by atoms with E-state index in [2.05, 4.69) is 21.7 Å². The molecule has 3 rings (SSSR count). The number of aromatic nitrogens is 1. The van der Waals surface area contributed by atoms with Crippen molar-refractivity contribution in [2.45, 2.75) is 6.92 Å². The van der Waals surface area contributed by atoms with Crippen LogP contribution in [0.2, 0.25) is 0 Å². The summed E-state index contributed by atoms with van der Waals surface area (Å²) in [6, 6.07) is 4.73. The lowest BCUT2D eigenvalue weighted by Gasteiger charge is -2.35. The predicted molar refractivity (Wildman–Crippen MR) is 80.4 cm³/mol. The molecule has 0 bridgehead atoms. The van der Waals surface area contributed by atoms with Gasteiger partial charge in [0.2, 0.25) is 0 Å². The van der Waals surface area contributed by atoms with Crippen LogP contribution in [-0.2, 0) is 0 Å². The van der Waals surface area contributed by atoms with Crippen molar-refractivity contribution < 1.29 is 4.39 Å². The molecule has 0 spiro atoms. The Bertz CT molecular complexity index is 621. The number of fused-ring (bicyclic) bond motifs is 1. The highest BCUT2D eigenvalue weighted by molar-refractivity contribution is 5.99. The topological polar surface area (TPSA) is 45.4 Å². The number of benzene rings is 1. The summed E-state index contributed by atoms with van der Waals surface area (Å²) < 4.78 is 13.6. The number of hydrogen-bond donors (Lipinski definition) is 1. The number of pyridine rings is 1. The smallest absolute Gasteiger partial charge is 0.136 e. The van der Waals surface area contributed by atoms with Crippen LogP contribution in [0.1, 0.15) is 6.92 Å². The van der Waals surface area contributed by atoms with Crippen molar-refractivity contribution in [1.82, 2.24) is 9.88 Å². The highest BCUT2D eigenvalue weighted by Gasteiger charge is 2.19. The van der Waals surface area contributed by atoms with Crippen LogP contribution in [0.15, 0.2) is 24.4 Å². The van der Waals surface area contributed by atoms with E-state index in [0.29, 0.717) is 5.69 Å². The number of piperazine rings is 1. The van der Waals surface area contributed by atoms with Gasteiger partial charge in [-0.15, -0.1) is 0 Å². The number of anilines is 2. The standard InChI is InChI=1S/C15H19FN4/c1-2-19-5-7-20(8-6-19)15-13-9-11(16)10-14(17)12(13)3-4-18-15/h3-4,9-10H,2,5-8,17H2,1H3. The summed E-state index contributed by atoms with van der Waals surface area (Å²) in [4.78, 5) is 9.06. The second-order valence-electron chi connectivity index (χ2n) is 5.15. The summed E-state index contributed by atoms with van der Waals surface area (Å²) in [6.45, 7) is 7.09. The van der Waals surface area contributed by atoms with Crippen LogP contribution in [0.4, 0.5) is 15.9 Å². The summed E-state index contributed by atoms with van der Waals surface area (Å²) in [5, 5.41) is 1.67. The Kier molecular flexibility index (Phi) is 3.44. The lowest BCUT2D eigenvalue weighted by Crippen LogP contribution is -2.46. The Morgan fingerprint density at radius 1 is 1.20 bits per heavy atom. The lowest BCUT2D eigenvalue weighted by molar-refractivity contribution is 0.271. The number of hydrogen-bond acceptors (Lipinski definition) is 4. The van der Waals surface area contributed by atoms with Gasteiger partial charge in [-0.2, -0.15) is 0 Å². The Labute approximate surface area is 118 Å². The Morgan fingerprint density at radius 3 is 2.65 bits per heavy atom. The van der Waals surface area contributed by atoms with E-state index in [4.69, 9.17) is 5.73 Å². The van der Waals surface area contributed by atoms with Gasteiger partial charge in [-0.25, -0.2) is 9.37 Å². The molecule has 0 amide bonds. The first kappa shape index (κ1) is 13.1. The van der Waals surface area contributed by atoms with Gasteiger partial charge in [0, 0.05) is 48.8 Å². The van der Waals surface area contributed by atoms with E-state index in [1.165, 1.54) is 12.1 Å². The van der Waals surface area contributed by atoms with Crippen LogP contribution in [0.5, 0.6) is 0 Å². The largest absolute Gasteiger partial charge is 0.398 e. The number of nitrogens with two attached hydrogens (primary N) is 1. The molecule has 0 saturated carbocycles. The van der Waals surface area contributed by atoms with Gasteiger partial charge < -0.3 is 15.5 Å². The molecule has 5 heteroatoms. The molecule has 1 aromatic heterocycles. The maximum absolute atomic E-state index is 13.6. The number of halogens is 1. The minimum Gasteiger partial charge on any atom is -0.398 e. The SMILES string of the molecule is CCN1CCN(c2nccc3c(N)cc(F)cc23)CC1. The molecule has 0 radical (unpaired) electrons. The molecule has 2 aromatic rings. The van der Waals surface area contributed by atoms with Crippen molar-refractivity contribution in [3.05, 3.63) is 30.2 Å². The lowest BCUT2D eigenvalue weighted by atomic mass is 10.1. The highest BCUT2D eigenvalue weighted by Crippen LogP contribution is 2.29. The molecule has 1 fully saturated rings. The van der Waals surface area contributed by atoms with Crippen LogP contribution in [-0.4, -0.2) is 42.6 Å². The zero-order valence-corrected chi connectivity index (χ0v) is 11.6. The van der Waals surface area contributed by atoms with Gasteiger partial charge in [0.05, 0.1) is 0 Å². The van der Waals surface area contributed by atoms with Gasteiger partial charge in [-0.3, -0.25) is 0 Å². The molecule has 2 N–H and O–H groups in total. The van der Waals surface area contributed by atoms with Gasteiger partial charge in [0.1, 0.15) is 11.6 Å². The zero-order chi connectivity index (χ0) is 14.1. The zero-order valence-electron chi connectivity index (χ0n) is 11.6. The van der Waals surface area contributed by atoms with E-state index >= 15 is 0 Å². The molecule has 1 aromatic carbocycles. The summed E-state index contributed by atoms with van der Waals surface area (Å²) in [5.41, 5.74) is 6.37. The fourth-order valence-electron chi connectivity index (χ4n) is 2.79. The average molecular weight is 274 g/mol. The fraction of sp³-hybridized carbons (Fsp3) is 0.400. The Balaban J connectivity index is 2.00. The molecular weight excluding hydrogens is 255 g/mol. The monoisotopic (exact) mass is 274 g/mol.